The van der Waals surface area contributed by atoms with Gasteiger partial charge in [0.2, 0.25) is 6.79 Å². The average molecular weight is 399 g/mol. The molecule has 1 aromatic carbocycles. The Balaban J connectivity index is 1.68. The van der Waals surface area contributed by atoms with Crippen molar-refractivity contribution < 1.29 is 27.7 Å². The lowest BCUT2D eigenvalue weighted by Gasteiger charge is -2.18. The molecule has 2 N–H and O–H groups in total. The maximum absolute atomic E-state index is 12.8. The van der Waals surface area contributed by atoms with Crippen molar-refractivity contribution in [1.29, 1.82) is 0 Å². The number of benzene rings is 1. The third-order valence-corrected chi connectivity index (χ3v) is 4.95. The van der Waals surface area contributed by atoms with Crippen LogP contribution < -0.4 is 24.8 Å². The van der Waals surface area contributed by atoms with E-state index >= 15 is 0 Å². The molecule has 1 heterocycles. The van der Waals surface area contributed by atoms with Crippen LogP contribution in [0.3, 0.4) is 0 Å². The first-order valence-corrected chi connectivity index (χ1v) is 9.44. The number of hydrogen-bond donors (Lipinski definition) is 2. The molecule has 0 saturated heterocycles. The van der Waals surface area contributed by atoms with Crippen LogP contribution in [0.1, 0.15) is 31.7 Å². The molecule has 3 rings (SSSR count). The zero-order chi connectivity index (χ0) is 20.0. The number of fused-ring (bicyclic) bond motifs is 1. The molecular weight excluding hydrogens is 372 g/mol. The largest absolute Gasteiger partial charge is 0.454 e. The Labute approximate surface area is 163 Å². The summed E-state index contributed by atoms with van der Waals surface area (Å²) < 4.78 is 45.9. The number of nitrogens with one attached hydrogen (secondary N) is 2. The van der Waals surface area contributed by atoms with Crippen molar-refractivity contribution >= 4 is 5.96 Å². The molecule has 0 radical (unpaired) electrons. The van der Waals surface area contributed by atoms with E-state index in [1.165, 1.54) is 6.07 Å². The molecule has 0 amide bonds. The minimum Gasteiger partial charge on any atom is -0.454 e. The fourth-order valence-corrected chi connectivity index (χ4v) is 3.08. The molecule has 0 aromatic heterocycles. The van der Waals surface area contributed by atoms with Crippen LogP contribution in [0.4, 0.5) is 8.78 Å². The van der Waals surface area contributed by atoms with Gasteiger partial charge < -0.3 is 29.6 Å². The second kappa shape index (κ2) is 9.27. The Morgan fingerprint density at radius 2 is 2.00 bits per heavy atom. The smallest absolute Gasteiger partial charge is 0.387 e. The van der Waals surface area contributed by atoms with Crippen molar-refractivity contribution in [1.82, 2.24) is 10.6 Å². The molecule has 0 bridgehead atoms. The first-order valence-electron chi connectivity index (χ1n) is 9.44. The Kier molecular flexibility index (Phi) is 6.77. The van der Waals surface area contributed by atoms with Crippen molar-refractivity contribution in [3.8, 4) is 17.2 Å². The highest BCUT2D eigenvalue weighted by Gasteiger charge is 2.41. The second-order valence-corrected chi connectivity index (χ2v) is 6.98. The summed E-state index contributed by atoms with van der Waals surface area (Å²) in [6.45, 7) is 1.50. The Morgan fingerprint density at radius 1 is 1.25 bits per heavy atom. The van der Waals surface area contributed by atoms with E-state index in [1.54, 1.807) is 13.2 Å². The molecule has 7 nitrogen and oxygen atoms in total. The number of rotatable bonds is 10. The van der Waals surface area contributed by atoms with Gasteiger partial charge in [0.25, 0.3) is 0 Å². The van der Waals surface area contributed by atoms with E-state index in [-0.39, 0.29) is 24.5 Å². The molecule has 28 heavy (non-hydrogen) atoms. The van der Waals surface area contributed by atoms with Gasteiger partial charge in [-0.3, -0.25) is 0 Å². The molecule has 1 fully saturated rings. The van der Waals surface area contributed by atoms with Crippen molar-refractivity contribution in [2.45, 2.75) is 39.3 Å². The van der Waals surface area contributed by atoms with Crippen LogP contribution in [0.5, 0.6) is 17.2 Å². The van der Waals surface area contributed by atoms with E-state index in [0.717, 1.165) is 32.4 Å². The lowest BCUT2D eigenvalue weighted by molar-refractivity contribution is -0.0505. The summed E-state index contributed by atoms with van der Waals surface area (Å²) in [6, 6.07) is 3.05. The van der Waals surface area contributed by atoms with Crippen LogP contribution in [0, 0.1) is 5.41 Å². The number of methoxy groups -OCH3 is 1. The number of alkyl halides is 2. The van der Waals surface area contributed by atoms with E-state index in [2.05, 4.69) is 20.4 Å². The van der Waals surface area contributed by atoms with Gasteiger partial charge in [0.15, 0.2) is 17.5 Å². The number of hydrogen-bond acceptors (Lipinski definition) is 5. The fraction of sp³-hybridized carbons (Fsp3) is 0.632. The molecule has 1 aliphatic carbocycles. The molecule has 0 unspecified atom stereocenters. The summed E-state index contributed by atoms with van der Waals surface area (Å²) in [7, 11) is 1.71. The summed E-state index contributed by atoms with van der Waals surface area (Å²) >= 11 is 0. The lowest BCUT2D eigenvalue weighted by atomic mass is 10.0. The number of nitrogens with zero attached hydrogens (tertiary/aromatic N) is 1. The minimum atomic E-state index is -2.93. The summed E-state index contributed by atoms with van der Waals surface area (Å²) in [5.41, 5.74) is 0.761. The van der Waals surface area contributed by atoms with Crippen LogP contribution in [0.25, 0.3) is 0 Å². The predicted molar refractivity (Wildman–Crippen MR) is 100 cm³/mol. The molecule has 1 saturated carbocycles. The van der Waals surface area contributed by atoms with Gasteiger partial charge >= 0.3 is 6.61 Å². The third-order valence-electron chi connectivity index (χ3n) is 4.95. The van der Waals surface area contributed by atoms with Crippen LogP contribution in [0.2, 0.25) is 0 Å². The molecule has 0 atom stereocenters. The van der Waals surface area contributed by atoms with E-state index in [4.69, 9.17) is 14.2 Å². The standard InChI is InChI=1S/C19H27F2N3O4/c1-3-22-18(24-11-19(4-5-19)6-7-25-2)23-10-13-8-15-16(27-12-26-15)9-14(13)28-17(20)21/h8-9,17H,3-7,10-12H2,1-2H3,(H2,22,23,24). The number of aliphatic imine (C=N–C) groups is 1. The molecule has 2 aliphatic rings. The fourth-order valence-electron chi connectivity index (χ4n) is 3.08. The quantitative estimate of drug-likeness (QED) is 0.466. The van der Waals surface area contributed by atoms with E-state index < -0.39 is 6.61 Å². The summed E-state index contributed by atoms with van der Waals surface area (Å²) in [5, 5.41) is 6.54. The lowest BCUT2D eigenvalue weighted by Crippen LogP contribution is -2.40. The predicted octanol–water partition coefficient (Wildman–Crippen LogP) is 2.89. The van der Waals surface area contributed by atoms with Crippen LogP contribution in [-0.2, 0) is 11.3 Å². The monoisotopic (exact) mass is 399 g/mol. The zero-order valence-electron chi connectivity index (χ0n) is 16.2. The van der Waals surface area contributed by atoms with Gasteiger partial charge in [0.05, 0.1) is 6.54 Å². The van der Waals surface area contributed by atoms with Crippen LogP contribution in [0.15, 0.2) is 17.1 Å². The van der Waals surface area contributed by atoms with Crippen molar-refractivity contribution in [2.75, 3.05) is 33.6 Å². The number of halogens is 2. The maximum Gasteiger partial charge on any atom is 0.387 e. The SMILES string of the molecule is CCNC(=NCc1cc2c(cc1OC(F)F)OCO2)NCC1(CCOC)CC1. The molecule has 156 valence electrons. The normalized spacial score (nSPS) is 17.0. The maximum atomic E-state index is 12.8. The van der Waals surface area contributed by atoms with Gasteiger partial charge in [-0.2, -0.15) is 8.78 Å². The summed E-state index contributed by atoms with van der Waals surface area (Å²) in [6.07, 6.45) is 3.33. The molecular formula is C19H27F2N3O4. The third kappa shape index (κ3) is 5.37. The van der Waals surface area contributed by atoms with Gasteiger partial charge in [0.1, 0.15) is 5.75 Å². The highest BCUT2D eigenvalue weighted by molar-refractivity contribution is 5.79. The second-order valence-electron chi connectivity index (χ2n) is 6.98. The van der Waals surface area contributed by atoms with E-state index in [0.29, 0.717) is 29.6 Å². The van der Waals surface area contributed by atoms with Crippen LogP contribution >= 0.6 is 0 Å². The van der Waals surface area contributed by atoms with Crippen molar-refractivity contribution in [3.63, 3.8) is 0 Å². The summed E-state index contributed by atoms with van der Waals surface area (Å²) in [4.78, 5) is 4.53. The molecule has 0 spiro atoms. The average Bonchev–Trinajstić information content (AvgIpc) is 3.30. The minimum absolute atomic E-state index is 0.0395. The highest BCUT2D eigenvalue weighted by atomic mass is 19.3. The van der Waals surface area contributed by atoms with Gasteiger partial charge in [-0.15, -0.1) is 0 Å². The zero-order valence-corrected chi connectivity index (χ0v) is 16.2. The number of guanidine groups is 1. The van der Waals surface area contributed by atoms with Gasteiger partial charge in [-0.05, 0) is 37.7 Å². The van der Waals surface area contributed by atoms with E-state index in [1.807, 2.05) is 6.92 Å². The first kappa shape index (κ1) is 20.4. The van der Waals surface area contributed by atoms with E-state index in [9.17, 15) is 8.78 Å². The topological polar surface area (TPSA) is 73.3 Å². The Morgan fingerprint density at radius 3 is 2.64 bits per heavy atom. The molecule has 1 aromatic rings. The van der Waals surface area contributed by atoms with Crippen molar-refractivity contribution in [3.05, 3.63) is 17.7 Å². The number of ether oxygens (including phenoxy) is 4. The first-order chi connectivity index (χ1) is 13.5. The molecule has 9 heteroatoms. The highest BCUT2D eigenvalue weighted by Crippen LogP contribution is 2.48. The van der Waals surface area contributed by atoms with Gasteiger partial charge in [-0.25, -0.2) is 4.99 Å². The Bertz CT molecular complexity index is 696. The summed E-state index contributed by atoms with van der Waals surface area (Å²) in [5.74, 6) is 1.56. The van der Waals surface area contributed by atoms with Crippen molar-refractivity contribution in [2.24, 2.45) is 10.4 Å². The molecule has 1 aliphatic heterocycles. The van der Waals surface area contributed by atoms with Crippen LogP contribution in [-0.4, -0.2) is 46.2 Å². The van der Waals surface area contributed by atoms with Gasteiger partial charge in [0, 0.05) is 38.4 Å². The van der Waals surface area contributed by atoms with Gasteiger partial charge in [-0.1, -0.05) is 0 Å². The Hall–Kier alpha value is -2.29.